The zero-order valence-corrected chi connectivity index (χ0v) is 19.4. The number of ether oxygens (including phenoxy) is 2. The van der Waals surface area contributed by atoms with E-state index < -0.39 is 23.9 Å². The highest BCUT2D eigenvalue weighted by Crippen LogP contribution is 2.30. The summed E-state index contributed by atoms with van der Waals surface area (Å²) in [4.78, 5) is 25.2. The molecule has 2 atom stereocenters. The molecular formula is C23H23F3N4O3S. The molecule has 3 aromatic rings. The van der Waals surface area contributed by atoms with Crippen LogP contribution in [0.1, 0.15) is 52.4 Å². The number of halogens is 3. The molecule has 0 unspecified atom stereocenters. The fraction of sp³-hybridized carbons (Fsp3) is 0.391. The van der Waals surface area contributed by atoms with Crippen LogP contribution in [0.15, 0.2) is 36.8 Å². The number of nitrogens with zero attached hydrogens (tertiary/aromatic N) is 3. The number of amides is 1. The Hall–Kier alpha value is -3.05. The predicted molar refractivity (Wildman–Crippen MR) is 120 cm³/mol. The molecule has 1 aliphatic rings. The van der Waals surface area contributed by atoms with Gasteiger partial charge in [-0.05, 0) is 44.9 Å². The standard InChI is InChI=1S/C23H23F3N4O3S/c1-13-9-27-21(34-13)16-6-15(7-19(8-16)33-12-18-4-3-5-32-18)20(31)30-14(2)17-10-28-22(29-11-17)23(24,25)26/h6-11,14,18H,3-5,12H2,1-2H3,(H,30,31)/t14-,18-/m1/s1. The van der Waals surface area contributed by atoms with Gasteiger partial charge in [-0.1, -0.05) is 0 Å². The van der Waals surface area contributed by atoms with Gasteiger partial charge in [-0.2, -0.15) is 13.2 Å². The Kier molecular flexibility index (Phi) is 7.13. The minimum absolute atomic E-state index is 0.0164. The SMILES string of the molecule is Cc1cnc(-c2cc(OC[C@H]3CCCO3)cc(C(=O)N[C@H](C)c3cnc(C(F)(F)F)nc3)c2)s1. The van der Waals surface area contributed by atoms with Gasteiger partial charge in [-0.15, -0.1) is 11.3 Å². The van der Waals surface area contributed by atoms with Gasteiger partial charge in [0, 0.05) is 46.8 Å². The molecule has 1 fully saturated rings. The molecule has 1 aliphatic heterocycles. The third-order valence-corrected chi connectivity index (χ3v) is 6.23. The summed E-state index contributed by atoms with van der Waals surface area (Å²) in [5.74, 6) is -1.13. The number of hydrogen-bond donors (Lipinski definition) is 1. The number of rotatable bonds is 7. The second-order valence-corrected chi connectivity index (χ2v) is 9.24. The zero-order chi connectivity index (χ0) is 24.3. The normalized spacial score (nSPS) is 16.9. The molecule has 1 amide bonds. The summed E-state index contributed by atoms with van der Waals surface area (Å²) in [7, 11) is 0. The summed E-state index contributed by atoms with van der Waals surface area (Å²) in [6, 6.07) is 4.56. The van der Waals surface area contributed by atoms with E-state index in [1.807, 2.05) is 13.0 Å². The first-order valence-corrected chi connectivity index (χ1v) is 11.5. The van der Waals surface area contributed by atoms with E-state index in [1.54, 1.807) is 25.3 Å². The van der Waals surface area contributed by atoms with Gasteiger partial charge < -0.3 is 14.8 Å². The molecule has 0 radical (unpaired) electrons. The molecular weight excluding hydrogens is 469 g/mol. The van der Waals surface area contributed by atoms with Gasteiger partial charge in [0.1, 0.15) is 17.4 Å². The number of aryl methyl sites for hydroxylation is 1. The smallest absolute Gasteiger partial charge is 0.451 e. The van der Waals surface area contributed by atoms with Crippen LogP contribution in [0, 0.1) is 6.92 Å². The van der Waals surface area contributed by atoms with E-state index >= 15 is 0 Å². The van der Waals surface area contributed by atoms with Crippen molar-refractivity contribution in [3.05, 3.63) is 58.6 Å². The van der Waals surface area contributed by atoms with Crippen molar-refractivity contribution in [2.45, 2.75) is 45.0 Å². The number of thiazole rings is 1. The molecule has 0 aliphatic carbocycles. The fourth-order valence-corrected chi connectivity index (χ4v) is 4.21. The number of carbonyl (C=O) groups excluding carboxylic acids is 1. The van der Waals surface area contributed by atoms with Crippen LogP contribution < -0.4 is 10.1 Å². The van der Waals surface area contributed by atoms with Gasteiger partial charge >= 0.3 is 6.18 Å². The molecule has 0 saturated carbocycles. The molecule has 180 valence electrons. The van der Waals surface area contributed by atoms with Crippen molar-refractivity contribution in [2.75, 3.05) is 13.2 Å². The second kappa shape index (κ2) is 10.1. The average Bonchev–Trinajstić information content (AvgIpc) is 3.49. The number of carbonyl (C=O) groups is 1. The lowest BCUT2D eigenvalue weighted by Gasteiger charge is -2.16. The summed E-state index contributed by atoms with van der Waals surface area (Å²) in [5, 5.41) is 3.53. The third kappa shape index (κ3) is 5.89. The number of alkyl halides is 3. The third-order valence-electron chi connectivity index (χ3n) is 5.27. The van der Waals surface area contributed by atoms with Crippen LogP contribution in [-0.2, 0) is 10.9 Å². The van der Waals surface area contributed by atoms with Crippen molar-refractivity contribution in [3.63, 3.8) is 0 Å². The Bertz CT molecular complexity index is 1150. The van der Waals surface area contributed by atoms with Gasteiger partial charge in [0.05, 0.1) is 12.1 Å². The van der Waals surface area contributed by atoms with Crippen molar-refractivity contribution in [2.24, 2.45) is 0 Å². The van der Waals surface area contributed by atoms with Gasteiger partial charge in [-0.25, -0.2) is 15.0 Å². The highest BCUT2D eigenvalue weighted by atomic mass is 32.1. The van der Waals surface area contributed by atoms with Crippen LogP contribution in [0.5, 0.6) is 5.75 Å². The van der Waals surface area contributed by atoms with E-state index in [-0.39, 0.29) is 6.10 Å². The Balaban J connectivity index is 1.53. The van der Waals surface area contributed by atoms with Crippen molar-refractivity contribution >= 4 is 17.2 Å². The zero-order valence-electron chi connectivity index (χ0n) is 18.6. The van der Waals surface area contributed by atoms with Crippen LogP contribution in [0.4, 0.5) is 13.2 Å². The fourth-order valence-electron chi connectivity index (χ4n) is 3.46. The Morgan fingerprint density at radius 2 is 2.00 bits per heavy atom. The van der Waals surface area contributed by atoms with Crippen molar-refractivity contribution < 1.29 is 27.4 Å². The molecule has 1 aromatic carbocycles. The quantitative estimate of drug-likeness (QED) is 0.501. The molecule has 0 spiro atoms. The van der Waals surface area contributed by atoms with E-state index in [2.05, 4.69) is 20.3 Å². The minimum Gasteiger partial charge on any atom is -0.491 e. The van der Waals surface area contributed by atoms with E-state index in [0.29, 0.717) is 30.1 Å². The second-order valence-electron chi connectivity index (χ2n) is 8.00. The molecule has 2 aromatic heterocycles. The maximum absolute atomic E-state index is 13.0. The van der Waals surface area contributed by atoms with Crippen LogP contribution in [0.3, 0.4) is 0 Å². The topological polar surface area (TPSA) is 86.2 Å². The van der Waals surface area contributed by atoms with Crippen LogP contribution >= 0.6 is 11.3 Å². The van der Waals surface area contributed by atoms with Crippen molar-refractivity contribution in [1.82, 2.24) is 20.3 Å². The summed E-state index contributed by atoms with van der Waals surface area (Å²) >= 11 is 1.50. The molecule has 1 saturated heterocycles. The highest BCUT2D eigenvalue weighted by molar-refractivity contribution is 7.14. The number of aromatic nitrogens is 3. The maximum atomic E-state index is 13.0. The first-order valence-electron chi connectivity index (χ1n) is 10.7. The molecule has 7 nitrogen and oxygen atoms in total. The highest BCUT2D eigenvalue weighted by Gasteiger charge is 2.34. The lowest BCUT2D eigenvalue weighted by molar-refractivity contribution is -0.145. The van der Waals surface area contributed by atoms with Gasteiger partial charge in [0.2, 0.25) is 5.82 Å². The Labute approximate surface area is 198 Å². The van der Waals surface area contributed by atoms with E-state index in [1.165, 1.54) is 11.3 Å². The maximum Gasteiger partial charge on any atom is 0.451 e. The average molecular weight is 493 g/mol. The lowest BCUT2D eigenvalue weighted by atomic mass is 10.1. The van der Waals surface area contributed by atoms with E-state index in [4.69, 9.17) is 9.47 Å². The molecule has 4 rings (SSSR count). The van der Waals surface area contributed by atoms with E-state index in [9.17, 15) is 18.0 Å². The summed E-state index contributed by atoms with van der Waals surface area (Å²) in [6.07, 6.45) is 1.18. The number of hydrogen-bond acceptors (Lipinski definition) is 7. The number of benzene rings is 1. The molecule has 11 heteroatoms. The van der Waals surface area contributed by atoms with Crippen LogP contribution in [-0.4, -0.2) is 40.2 Å². The number of nitrogens with one attached hydrogen (secondary N) is 1. The largest absolute Gasteiger partial charge is 0.491 e. The predicted octanol–water partition coefficient (Wildman–Crippen LogP) is 4.98. The van der Waals surface area contributed by atoms with Crippen LogP contribution in [0.2, 0.25) is 0 Å². The molecule has 0 bridgehead atoms. The molecule has 1 N–H and O–H groups in total. The lowest BCUT2D eigenvalue weighted by Crippen LogP contribution is -2.27. The van der Waals surface area contributed by atoms with Gasteiger partial charge in [-0.3, -0.25) is 4.79 Å². The van der Waals surface area contributed by atoms with Crippen LogP contribution in [0.25, 0.3) is 10.6 Å². The first-order chi connectivity index (χ1) is 16.2. The Morgan fingerprint density at radius 1 is 1.24 bits per heavy atom. The van der Waals surface area contributed by atoms with Gasteiger partial charge in [0.15, 0.2) is 0 Å². The molecule has 3 heterocycles. The summed E-state index contributed by atoms with van der Waals surface area (Å²) in [6.45, 7) is 4.68. The molecule has 34 heavy (non-hydrogen) atoms. The van der Waals surface area contributed by atoms with E-state index in [0.717, 1.165) is 40.7 Å². The summed E-state index contributed by atoms with van der Waals surface area (Å²) in [5.41, 5.74) is 1.42. The van der Waals surface area contributed by atoms with Crippen molar-refractivity contribution in [1.29, 1.82) is 0 Å². The first kappa shape index (κ1) is 24.1. The monoisotopic (exact) mass is 492 g/mol. The Morgan fingerprint density at radius 3 is 2.62 bits per heavy atom. The van der Waals surface area contributed by atoms with Gasteiger partial charge in [0.25, 0.3) is 5.91 Å². The van der Waals surface area contributed by atoms with Crippen molar-refractivity contribution in [3.8, 4) is 16.3 Å². The minimum atomic E-state index is -4.63. The summed E-state index contributed by atoms with van der Waals surface area (Å²) < 4.78 is 49.7.